The summed E-state index contributed by atoms with van der Waals surface area (Å²) in [4.78, 5) is 16.0. The Morgan fingerprint density at radius 2 is 2.33 bits per heavy atom. The third-order valence-corrected chi connectivity index (χ3v) is 2.96. The zero-order valence-electron chi connectivity index (χ0n) is 10.0. The zero-order chi connectivity index (χ0) is 13.1. The minimum atomic E-state index is -0.464. The van der Waals surface area contributed by atoms with Crippen molar-refractivity contribution in [3.05, 3.63) is 34.9 Å². The van der Waals surface area contributed by atoms with Gasteiger partial charge in [0.05, 0.1) is 12.6 Å². The minimum absolute atomic E-state index is 0.284. The fourth-order valence-electron chi connectivity index (χ4n) is 1.84. The van der Waals surface area contributed by atoms with E-state index in [4.69, 9.17) is 22.1 Å². The fraction of sp³-hybridized carbons (Fsp3) is 0.333. The van der Waals surface area contributed by atoms with Crippen LogP contribution in [0.4, 0.5) is 0 Å². The maximum atomic E-state index is 11.7. The molecule has 96 valence electrons. The topological polar surface area (TPSA) is 69.6 Å². The lowest BCUT2D eigenvalue weighted by molar-refractivity contribution is 0.0597. The number of carbonyl (C=O) groups excluding carboxylic acids is 1. The number of hydrogen-bond acceptors (Lipinski definition) is 4. The number of hydrogen-bond donors (Lipinski definition) is 1. The lowest BCUT2D eigenvalue weighted by Gasteiger charge is -2.02. The number of esters is 1. The summed E-state index contributed by atoms with van der Waals surface area (Å²) in [5, 5.41) is 0.516. The van der Waals surface area contributed by atoms with E-state index in [-0.39, 0.29) is 5.69 Å². The van der Waals surface area contributed by atoms with E-state index in [2.05, 4.69) is 4.98 Å². The van der Waals surface area contributed by atoms with Gasteiger partial charge in [0.2, 0.25) is 0 Å². The number of methoxy groups -OCH3 is 1. The van der Waals surface area contributed by atoms with Crippen LogP contribution in [-0.4, -0.2) is 29.0 Å². The van der Waals surface area contributed by atoms with Gasteiger partial charge < -0.3 is 10.5 Å². The molecule has 0 amide bonds. The highest BCUT2D eigenvalue weighted by molar-refractivity contribution is 6.29. The zero-order valence-corrected chi connectivity index (χ0v) is 10.8. The molecule has 0 atom stereocenters. The predicted octanol–water partition coefficient (Wildman–Crippen LogP) is 1.67. The van der Waals surface area contributed by atoms with E-state index in [1.807, 2.05) is 0 Å². The van der Waals surface area contributed by atoms with Crippen LogP contribution in [0.25, 0.3) is 5.52 Å². The van der Waals surface area contributed by atoms with E-state index < -0.39 is 5.97 Å². The summed E-state index contributed by atoms with van der Waals surface area (Å²) < 4.78 is 6.47. The highest BCUT2D eigenvalue weighted by atomic mass is 35.5. The molecule has 2 heterocycles. The number of ether oxygens (including phenoxy) is 1. The van der Waals surface area contributed by atoms with Crippen molar-refractivity contribution in [3.8, 4) is 0 Å². The van der Waals surface area contributed by atoms with Gasteiger partial charge in [-0.05, 0) is 25.1 Å². The van der Waals surface area contributed by atoms with Crippen molar-refractivity contribution in [2.45, 2.75) is 12.8 Å². The molecule has 6 heteroatoms. The van der Waals surface area contributed by atoms with E-state index in [9.17, 15) is 4.79 Å². The van der Waals surface area contributed by atoms with Crippen LogP contribution >= 0.6 is 11.6 Å². The van der Waals surface area contributed by atoms with Gasteiger partial charge >= 0.3 is 5.97 Å². The molecular formula is C12H14ClN3O2. The van der Waals surface area contributed by atoms with Crippen molar-refractivity contribution in [1.29, 1.82) is 0 Å². The van der Waals surface area contributed by atoms with Crippen LogP contribution in [0.1, 0.15) is 22.7 Å². The van der Waals surface area contributed by atoms with Gasteiger partial charge in [-0.15, -0.1) is 0 Å². The van der Waals surface area contributed by atoms with Crippen molar-refractivity contribution < 1.29 is 9.53 Å². The molecule has 18 heavy (non-hydrogen) atoms. The number of pyridine rings is 1. The van der Waals surface area contributed by atoms with Crippen LogP contribution in [0, 0.1) is 0 Å². The highest BCUT2D eigenvalue weighted by Gasteiger charge is 2.18. The molecule has 2 aromatic heterocycles. The molecule has 2 N–H and O–H groups in total. The summed E-state index contributed by atoms with van der Waals surface area (Å²) in [5.41, 5.74) is 6.43. The van der Waals surface area contributed by atoms with Gasteiger partial charge in [0.25, 0.3) is 0 Å². The Bertz CT molecular complexity index is 580. The SMILES string of the molecule is COC(=O)c1nc(CCCN)n2c(Cl)cccc12. The standard InChI is InChI=1S/C12H14ClN3O2/c1-18-12(17)11-8-4-2-5-9(13)16(8)10(15-11)6-3-7-14/h2,4-5H,3,6-7,14H2,1H3. The van der Waals surface area contributed by atoms with Crippen molar-refractivity contribution in [2.75, 3.05) is 13.7 Å². The second kappa shape index (κ2) is 5.37. The number of rotatable bonds is 4. The number of halogens is 1. The van der Waals surface area contributed by atoms with E-state index >= 15 is 0 Å². The van der Waals surface area contributed by atoms with Crippen LogP contribution in [0.3, 0.4) is 0 Å². The van der Waals surface area contributed by atoms with Crippen molar-refractivity contribution in [3.63, 3.8) is 0 Å². The van der Waals surface area contributed by atoms with Gasteiger partial charge in [-0.2, -0.15) is 0 Å². The first-order chi connectivity index (χ1) is 8.69. The summed E-state index contributed by atoms with van der Waals surface area (Å²) >= 11 is 6.14. The Morgan fingerprint density at radius 3 is 3.00 bits per heavy atom. The molecule has 0 aliphatic heterocycles. The van der Waals surface area contributed by atoms with E-state index in [1.165, 1.54) is 7.11 Å². The lowest BCUT2D eigenvalue weighted by atomic mass is 10.3. The van der Waals surface area contributed by atoms with Gasteiger partial charge in [0, 0.05) is 6.42 Å². The Balaban J connectivity index is 2.60. The largest absolute Gasteiger partial charge is 0.464 e. The monoisotopic (exact) mass is 267 g/mol. The molecule has 0 aromatic carbocycles. The minimum Gasteiger partial charge on any atom is -0.464 e. The molecule has 0 saturated heterocycles. The average Bonchev–Trinajstić information content (AvgIpc) is 2.75. The molecular weight excluding hydrogens is 254 g/mol. The number of imidazole rings is 1. The van der Waals surface area contributed by atoms with Crippen molar-refractivity contribution in [1.82, 2.24) is 9.38 Å². The molecule has 0 aliphatic carbocycles. The van der Waals surface area contributed by atoms with Gasteiger partial charge in [-0.1, -0.05) is 17.7 Å². The Hall–Kier alpha value is -1.59. The van der Waals surface area contributed by atoms with Crippen molar-refractivity contribution >= 4 is 23.1 Å². The number of carbonyl (C=O) groups is 1. The Kier molecular flexibility index (Phi) is 3.84. The van der Waals surface area contributed by atoms with Gasteiger partial charge in [0.15, 0.2) is 5.69 Å². The normalized spacial score (nSPS) is 10.8. The summed E-state index contributed by atoms with van der Waals surface area (Å²) in [7, 11) is 1.33. The molecule has 2 rings (SSSR count). The van der Waals surface area contributed by atoms with E-state index in [0.29, 0.717) is 23.6 Å². The number of aromatic nitrogens is 2. The van der Waals surface area contributed by atoms with E-state index in [1.54, 1.807) is 22.6 Å². The Labute approximate surface area is 110 Å². The van der Waals surface area contributed by atoms with Crippen LogP contribution < -0.4 is 5.73 Å². The van der Waals surface area contributed by atoms with Gasteiger partial charge in [-0.3, -0.25) is 4.40 Å². The van der Waals surface area contributed by atoms with Gasteiger partial charge in [-0.25, -0.2) is 9.78 Å². The van der Waals surface area contributed by atoms with Gasteiger partial charge in [0.1, 0.15) is 11.0 Å². The summed E-state index contributed by atoms with van der Waals surface area (Å²) in [5.74, 6) is 0.259. The molecule has 0 aliphatic rings. The molecule has 5 nitrogen and oxygen atoms in total. The smallest absolute Gasteiger partial charge is 0.358 e. The molecule has 0 spiro atoms. The fourth-order valence-corrected chi connectivity index (χ4v) is 2.10. The second-order valence-electron chi connectivity index (χ2n) is 3.83. The number of nitrogens with two attached hydrogens (primary N) is 1. The first-order valence-electron chi connectivity index (χ1n) is 5.63. The molecule has 0 saturated carbocycles. The summed E-state index contributed by atoms with van der Waals surface area (Å²) in [6.07, 6.45) is 1.45. The number of fused-ring (bicyclic) bond motifs is 1. The quantitative estimate of drug-likeness (QED) is 0.676. The molecule has 0 bridgehead atoms. The van der Waals surface area contributed by atoms with Crippen molar-refractivity contribution in [2.24, 2.45) is 5.73 Å². The Morgan fingerprint density at radius 1 is 1.56 bits per heavy atom. The van der Waals surface area contributed by atoms with Crippen LogP contribution in [0.15, 0.2) is 18.2 Å². The third kappa shape index (κ3) is 2.19. The number of nitrogens with zero attached hydrogens (tertiary/aromatic N) is 2. The first-order valence-corrected chi connectivity index (χ1v) is 6.01. The van der Waals surface area contributed by atoms with Crippen LogP contribution in [0.2, 0.25) is 5.15 Å². The average molecular weight is 268 g/mol. The molecule has 0 fully saturated rings. The third-order valence-electron chi connectivity index (χ3n) is 2.67. The molecule has 0 unspecified atom stereocenters. The summed E-state index contributed by atoms with van der Waals surface area (Å²) in [6.45, 7) is 0.562. The second-order valence-corrected chi connectivity index (χ2v) is 4.22. The number of aryl methyl sites for hydroxylation is 1. The first kappa shape index (κ1) is 12.9. The highest BCUT2D eigenvalue weighted by Crippen LogP contribution is 2.20. The molecule has 0 radical (unpaired) electrons. The lowest BCUT2D eigenvalue weighted by Crippen LogP contribution is -2.04. The van der Waals surface area contributed by atoms with Crippen LogP contribution in [-0.2, 0) is 11.2 Å². The van der Waals surface area contributed by atoms with E-state index in [0.717, 1.165) is 12.2 Å². The summed E-state index contributed by atoms with van der Waals surface area (Å²) in [6, 6.07) is 5.32. The predicted molar refractivity (Wildman–Crippen MR) is 68.9 cm³/mol. The maximum absolute atomic E-state index is 11.7. The van der Waals surface area contributed by atoms with Crippen LogP contribution in [0.5, 0.6) is 0 Å². The maximum Gasteiger partial charge on any atom is 0.358 e. The molecule has 2 aromatic rings.